The Morgan fingerprint density at radius 2 is 2.40 bits per heavy atom. The van der Waals surface area contributed by atoms with Crippen LogP contribution in [-0.2, 0) is 9.53 Å². The van der Waals surface area contributed by atoms with Crippen LogP contribution in [0.4, 0.5) is 0 Å². The molecule has 88 valence electrons. The van der Waals surface area contributed by atoms with Crippen LogP contribution in [0.2, 0.25) is 0 Å². The number of rotatable bonds is 5. The van der Waals surface area contributed by atoms with Crippen LogP contribution in [-0.4, -0.2) is 43.7 Å². The smallest absolute Gasteiger partial charge is 0.239 e. The van der Waals surface area contributed by atoms with Crippen molar-refractivity contribution < 1.29 is 9.53 Å². The number of carbonyl (C=O) groups is 1. The molecule has 0 radical (unpaired) electrons. The minimum atomic E-state index is -0.331. The van der Waals surface area contributed by atoms with Crippen LogP contribution in [0, 0.1) is 5.92 Å². The predicted molar refractivity (Wildman–Crippen MR) is 59.4 cm³/mol. The van der Waals surface area contributed by atoms with E-state index in [1.165, 1.54) is 0 Å². The van der Waals surface area contributed by atoms with Crippen molar-refractivity contribution in [2.45, 2.75) is 32.2 Å². The van der Waals surface area contributed by atoms with Gasteiger partial charge in [0.05, 0.1) is 12.6 Å². The van der Waals surface area contributed by atoms with Crippen LogP contribution >= 0.6 is 0 Å². The van der Waals surface area contributed by atoms with Crippen LogP contribution < -0.4 is 5.73 Å². The molecule has 0 aromatic rings. The molecule has 0 bridgehead atoms. The summed E-state index contributed by atoms with van der Waals surface area (Å²) in [4.78, 5) is 13.5. The zero-order valence-electron chi connectivity index (χ0n) is 9.74. The van der Waals surface area contributed by atoms with E-state index >= 15 is 0 Å². The molecule has 1 rings (SSSR count). The molecule has 1 aliphatic rings. The highest BCUT2D eigenvalue weighted by Gasteiger charge is 2.22. The summed E-state index contributed by atoms with van der Waals surface area (Å²) >= 11 is 0. The van der Waals surface area contributed by atoms with Crippen LogP contribution in [0.1, 0.15) is 26.2 Å². The second-order valence-electron chi connectivity index (χ2n) is 4.34. The first kappa shape index (κ1) is 12.5. The molecule has 15 heavy (non-hydrogen) atoms. The summed E-state index contributed by atoms with van der Waals surface area (Å²) in [6, 6.07) is -0.331. The van der Waals surface area contributed by atoms with E-state index in [1.807, 2.05) is 14.0 Å². The van der Waals surface area contributed by atoms with Gasteiger partial charge in [-0.1, -0.05) is 13.3 Å². The minimum absolute atomic E-state index is 0.0590. The van der Waals surface area contributed by atoms with Gasteiger partial charge in [-0.3, -0.25) is 4.79 Å². The van der Waals surface area contributed by atoms with Crippen molar-refractivity contribution >= 4 is 5.91 Å². The SMILES string of the molecule is CCCC(N)C(=O)N(C)CC1CCOC1. The lowest BCUT2D eigenvalue weighted by Crippen LogP contribution is -2.43. The average Bonchev–Trinajstić information content (AvgIpc) is 2.69. The van der Waals surface area contributed by atoms with Gasteiger partial charge in [-0.05, 0) is 12.8 Å². The molecule has 0 aliphatic carbocycles. The molecule has 4 heteroatoms. The molecule has 1 fully saturated rings. The number of hydrogen-bond donors (Lipinski definition) is 1. The Bertz CT molecular complexity index is 203. The van der Waals surface area contributed by atoms with E-state index in [0.717, 1.165) is 39.0 Å². The molecule has 2 N–H and O–H groups in total. The summed E-state index contributed by atoms with van der Waals surface area (Å²) < 4.78 is 5.28. The highest BCUT2D eigenvalue weighted by Crippen LogP contribution is 2.13. The summed E-state index contributed by atoms with van der Waals surface area (Å²) in [5.41, 5.74) is 5.78. The summed E-state index contributed by atoms with van der Waals surface area (Å²) in [6.07, 6.45) is 2.78. The first-order valence-electron chi connectivity index (χ1n) is 5.73. The van der Waals surface area contributed by atoms with Crippen LogP contribution in [0.25, 0.3) is 0 Å². The second-order valence-corrected chi connectivity index (χ2v) is 4.34. The summed E-state index contributed by atoms with van der Waals surface area (Å²) in [5.74, 6) is 0.552. The Labute approximate surface area is 91.8 Å². The number of hydrogen-bond acceptors (Lipinski definition) is 3. The molecular weight excluding hydrogens is 192 g/mol. The van der Waals surface area contributed by atoms with Gasteiger partial charge in [-0.2, -0.15) is 0 Å². The van der Waals surface area contributed by atoms with Gasteiger partial charge < -0.3 is 15.4 Å². The van der Waals surface area contributed by atoms with Gasteiger partial charge >= 0.3 is 0 Å². The fourth-order valence-corrected chi connectivity index (χ4v) is 1.92. The minimum Gasteiger partial charge on any atom is -0.381 e. The molecule has 1 aliphatic heterocycles. The quantitative estimate of drug-likeness (QED) is 0.729. The molecule has 0 aromatic carbocycles. The predicted octanol–water partition coefficient (Wildman–Crippen LogP) is 0.609. The molecule has 0 spiro atoms. The Morgan fingerprint density at radius 1 is 1.67 bits per heavy atom. The van der Waals surface area contributed by atoms with Crippen molar-refractivity contribution in [1.29, 1.82) is 0 Å². The van der Waals surface area contributed by atoms with Gasteiger partial charge in [0.15, 0.2) is 0 Å². The monoisotopic (exact) mass is 214 g/mol. The third-order valence-electron chi connectivity index (χ3n) is 2.85. The van der Waals surface area contributed by atoms with Crippen molar-refractivity contribution in [2.24, 2.45) is 11.7 Å². The molecule has 1 heterocycles. The fourth-order valence-electron chi connectivity index (χ4n) is 1.92. The van der Waals surface area contributed by atoms with Gasteiger partial charge in [0.2, 0.25) is 5.91 Å². The lowest BCUT2D eigenvalue weighted by Gasteiger charge is -2.23. The van der Waals surface area contributed by atoms with Gasteiger partial charge in [0, 0.05) is 26.1 Å². The third-order valence-corrected chi connectivity index (χ3v) is 2.85. The van der Waals surface area contributed by atoms with E-state index in [4.69, 9.17) is 10.5 Å². The number of amides is 1. The van der Waals surface area contributed by atoms with Crippen molar-refractivity contribution in [1.82, 2.24) is 4.90 Å². The van der Waals surface area contributed by atoms with Crippen LogP contribution in [0.15, 0.2) is 0 Å². The Balaban J connectivity index is 2.31. The summed E-state index contributed by atoms with van der Waals surface area (Å²) in [5, 5.41) is 0. The van der Waals surface area contributed by atoms with Crippen molar-refractivity contribution in [3.8, 4) is 0 Å². The zero-order valence-corrected chi connectivity index (χ0v) is 9.74. The highest BCUT2D eigenvalue weighted by molar-refractivity contribution is 5.81. The topological polar surface area (TPSA) is 55.6 Å². The maximum Gasteiger partial charge on any atom is 0.239 e. The largest absolute Gasteiger partial charge is 0.381 e. The van der Waals surface area contributed by atoms with E-state index in [-0.39, 0.29) is 11.9 Å². The molecular formula is C11H22N2O2. The first-order chi connectivity index (χ1) is 7.15. The first-order valence-corrected chi connectivity index (χ1v) is 5.73. The average molecular weight is 214 g/mol. The Morgan fingerprint density at radius 3 is 2.93 bits per heavy atom. The second kappa shape index (κ2) is 6.08. The van der Waals surface area contributed by atoms with Crippen molar-refractivity contribution in [3.63, 3.8) is 0 Å². The number of nitrogens with two attached hydrogens (primary N) is 1. The van der Waals surface area contributed by atoms with Crippen LogP contribution in [0.5, 0.6) is 0 Å². The molecule has 4 nitrogen and oxygen atoms in total. The maximum atomic E-state index is 11.8. The molecule has 2 unspecified atom stereocenters. The molecule has 0 aromatic heterocycles. The normalized spacial score (nSPS) is 22.7. The Hall–Kier alpha value is -0.610. The zero-order chi connectivity index (χ0) is 11.3. The van der Waals surface area contributed by atoms with E-state index < -0.39 is 0 Å². The molecule has 2 atom stereocenters. The van der Waals surface area contributed by atoms with E-state index in [0.29, 0.717) is 5.92 Å². The molecule has 0 saturated carbocycles. The number of carbonyl (C=O) groups excluding carboxylic acids is 1. The highest BCUT2D eigenvalue weighted by atomic mass is 16.5. The summed E-state index contributed by atoms with van der Waals surface area (Å²) in [7, 11) is 1.83. The fraction of sp³-hybridized carbons (Fsp3) is 0.909. The molecule has 1 saturated heterocycles. The number of likely N-dealkylation sites (N-methyl/N-ethyl adjacent to an activating group) is 1. The Kier molecular flexibility index (Phi) is 5.05. The van der Waals surface area contributed by atoms with Gasteiger partial charge in [0.25, 0.3) is 0 Å². The van der Waals surface area contributed by atoms with E-state index in [1.54, 1.807) is 4.90 Å². The number of ether oxygens (including phenoxy) is 1. The van der Waals surface area contributed by atoms with Crippen molar-refractivity contribution in [3.05, 3.63) is 0 Å². The maximum absolute atomic E-state index is 11.8. The van der Waals surface area contributed by atoms with Crippen LogP contribution in [0.3, 0.4) is 0 Å². The van der Waals surface area contributed by atoms with E-state index in [2.05, 4.69) is 0 Å². The van der Waals surface area contributed by atoms with Gasteiger partial charge in [-0.25, -0.2) is 0 Å². The van der Waals surface area contributed by atoms with Gasteiger partial charge in [-0.15, -0.1) is 0 Å². The van der Waals surface area contributed by atoms with Crippen molar-refractivity contribution in [2.75, 3.05) is 26.8 Å². The standard InChI is InChI=1S/C11H22N2O2/c1-3-4-10(12)11(14)13(2)7-9-5-6-15-8-9/h9-10H,3-8,12H2,1-2H3. The van der Waals surface area contributed by atoms with E-state index in [9.17, 15) is 4.79 Å². The lowest BCUT2D eigenvalue weighted by atomic mass is 10.1. The van der Waals surface area contributed by atoms with Gasteiger partial charge in [0.1, 0.15) is 0 Å². The number of nitrogens with zero attached hydrogens (tertiary/aromatic N) is 1. The third kappa shape index (κ3) is 3.80. The molecule has 1 amide bonds. The lowest BCUT2D eigenvalue weighted by molar-refractivity contribution is -0.132. The summed E-state index contributed by atoms with van der Waals surface area (Å²) in [6.45, 7) is 4.42.